The number of hydrogen-bond acceptors (Lipinski definition) is 3. The third-order valence-electron chi connectivity index (χ3n) is 4.92. The van der Waals surface area contributed by atoms with E-state index >= 15 is 0 Å². The molecule has 2 aromatic carbocycles. The molecule has 0 amide bonds. The van der Waals surface area contributed by atoms with Crippen LogP contribution in [0.15, 0.2) is 53.3 Å². The van der Waals surface area contributed by atoms with E-state index in [1.807, 2.05) is 30.3 Å². The second-order valence-electron chi connectivity index (χ2n) is 7.62. The maximum atomic E-state index is 13.2. The number of rotatable bonds is 8. The van der Waals surface area contributed by atoms with Crippen LogP contribution in [-0.2, 0) is 13.1 Å². The van der Waals surface area contributed by atoms with Gasteiger partial charge in [-0.05, 0) is 35.6 Å². The van der Waals surface area contributed by atoms with E-state index in [2.05, 4.69) is 39.0 Å². The Labute approximate surface area is 166 Å². The number of unbranched alkanes of at least 4 members (excludes halogenated alkanes) is 1. The molecule has 0 aliphatic rings. The first-order chi connectivity index (χ1) is 13.6. The van der Waals surface area contributed by atoms with Gasteiger partial charge < -0.3 is 15.0 Å². The number of nitrogens with two attached hydrogens (primary N) is 1. The third-order valence-corrected chi connectivity index (χ3v) is 4.92. The molecule has 4 nitrogen and oxygen atoms in total. The zero-order chi connectivity index (χ0) is 20.1. The first-order valence-electron chi connectivity index (χ1n) is 10.1. The Bertz CT molecular complexity index is 991. The molecular formula is C24H30N2O2. The zero-order valence-electron chi connectivity index (χ0n) is 17.1. The number of benzene rings is 2. The topological polar surface area (TPSA) is 57.2 Å². The van der Waals surface area contributed by atoms with Crippen molar-refractivity contribution in [2.45, 2.75) is 46.7 Å². The summed E-state index contributed by atoms with van der Waals surface area (Å²) in [5.41, 5.74) is 9.07. The van der Waals surface area contributed by atoms with E-state index in [0.29, 0.717) is 24.5 Å². The first-order valence-corrected chi connectivity index (χ1v) is 10.1. The van der Waals surface area contributed by atoms with Crippen LogP contribution >= 0.6 is 0 Å². The molecule has 0 aliphatic heterocycles. The van der Waals surface area contributed by atoms with Crippen molar-refractivity contribution in [1.82, 2.24) is 4.57 Å². The molecule has 2 N–H and O–H groups in total. The molecule has 0 bridgehead atoms. The molecule has 4 heteroatoms. The molecule has 0 saturated carbocycles. The van der Waals surface area contributed by atoms with E-state index in [0.717, 1.165) is 40.8 Å². The molecular weight excluding hydrogens is 348 g/mol. The Morgan fingerprint density at radius 3 is 2.43 bits per heavy atom. The minimum absolute atomic E-state index is 0.00611. The van der Waals surface area contributed by atoms with Crippen molar-refractivity contribution in [3.05, 3.63) is 64.6 Å². The van der Waals surface area contributed by atoms with Crippen LogP contribution in [0.2, 0.25) is 0 Å². The normalized spacial score (nSPS) is 11.3. The standard InChI is InChI=1S/C24H30N2O2/c1-4-5-13-28-23-21-14-19(18-9-7-6-8-10-18)11-12-20(21)24(27)26(16-17(2)3)22(23)15-25/h6-12,14,17H,4-5,13,15-16,25H2,1-3H3. The Hall–Kier alpha value is -2.59. The first kappa shape index (κ1) is 20.2. The van der Waals surface area contributed by atoms with E-state index in [4.69, 9.17) is 10.5 Å². The molecule has 0 atom stereocenters. The van der Waals surface area contributed by atoms with Gasteiger partial charge in [-0.3, -0.25) is 4.79 Å². The number of ether oxygens (including phenoxy) is 1. The van der Waals surface area contributed by atoms with Crippen molar-refractivity contribution in [3.63, 3.8) is 0 Å². The lowest BCUT2D eigenvalue weighted by molar-refractivity contribution is 0.304. The monoisotopic (exact) mass is 378 g/mol. The van der Waals surface area contributed by atoms with Gasteiger partial charge in [0.2, 0.25) is 0 Å². The quantitative estimate of drug-likeness (QED) is 0.564. The van der Waals surface area contributed by atoms with Gasteiger partial charge in [0.15, 0.2) is 0 Å². The van der Waals surface area contributed by atoms with Crippen molar-refractivity contribution in [1.29, 1.82) is 0 Å². The predicted octanol–water partition coefficient (Wildman–Crippen LogP) is 4.96. The summed E-state index contributed by atoms with van der Waals surface area (Å²) in [4.78, 5) is 13.2. The van der Waals surface area contributed by atoms with E-state index in [-0.39, 0.29) is 12.1 Å². The lowest BCUT2D eigenvalue weighted by atomic mass is 10.0. The summed E-state index contributed by atoms with van der Waals surface area (Å²) in [6.45, 7) is 7.87. The number of pyridine rings is 1. The molecule has 0 saturated heterocycles. The van der Waals surface area contributed by atoms with Crippen molar-refractivity contribution in [2.24, 2.45) is 11.7 Å². The minimum atomic E-state index is 0.00611. The summed E-state index contributed by atoms with van der Waals surface area (Å²) in [7, 11) is 0. The highest BCUT2D eigenvalue weighted by Gasteiger charge is 2.18. The van der Waals surface area contributed by atoms with Gasteiger partial charge >= 0.3 is 0 Å². The van der Waals surface area contributed by atoms with Gasteiger partial charge in [0.25, 0.3) is 5.56 Å². The van der Waals surface area contributed by atoms with Crippen LogP contribution in [0, 0.1) is 5.92 Å². The van der Waals surface area contributed by atoms with Gasteiger partial charge in [-0.2, -0.15) is 0 Å². The van der Waals surface area contributed by atoms with E-state index in [1.54, 1.807) is 4.57 Å². The number of nitrogens with zero attached hydrogens (tertiary/aromatic N) is 1. The second-order valence-corrected chi connectivity index (χ2v) is 7.62. The average Bonchev–Trinajstić information content (AvgIpc) is 2.71. The van der Waals surface area contributed by atoms with Crippen molar-refractivity contribution >= 4 is 10.8 Å². The number of aromatic nitrogens is 1. The van der Waals surface area contributed by atoms with E-state index in [1.165, 1.54) is 0 Å². The highest BCUT2D eigenvalue weighted by molar-refractivity contribution is 5.92. The van der Waals surface area contributed by atoms with Crippen LogP contribution in [0.4, 0.5) is 0 Å². The molecule has 3 rings (SSSR count). The fourth-order valence-corrected chi connectivity index (χ4v) is 3.52. The van der Waals surface area contributed by atoms with Crippen molar-refractivity contribution in [3.8, 4) is 16.9 Å². The van der Waals surface area contributed by atoms with Crippen LogP contribution in [0.5, 0.6) is 5.75 Å². The highest BCUT2D eigenvalue weighted by Crippen LogP contribution is 2.32. The molecule has 0 spiro atoms. The summed E-state index contributed by atoms with van der Waals surface area (Å²) in [5, 5.41) is 1.53. The number of fused-ring (bicyclic) bond motifs is 1. The van der Waals surface area contributed by atoms with E-state index in [9.17, 15) is 4.79 Å². The van der Waals surface area contributed by atoms with Gasteiger partial charge in [0.05, 0.1) is 17.7 Å². The Kier molecular flexibility index (Phi) is 6.53. The SMILES string of the molecule is CCCCOc1c(CN)n(CC(C)C)c(=O)c2ccc(-c3ccccc3)cc12. The van der Waals surface area contributed by atoms with Crippen molar-refractivity contribution < 1.29 is 4.74 Å². The Morgan fingerprint density at radius 1 is 1.04 bits per heavy atom. The minimum Gasteiger partial charge on any atom is -0.491 e. The van der Waals surface area contributed by atoms with Gasteiger partial charge in [-0.25, -0.2) is 0 Å². The van der Waals surface area contributed by atoms with Gasteiger partial charge in [0.1, 0.15) is 5.75 Å². The molecule has 148 valence electrons. The third kappa shape index (κ3) is 4.12. The summed E-state index contributed by atoms with van der Waals surface area (Å²) >= 11 is 0. The van der Waals surface area contributed by atoms with Crippen LogP contribution in [-0.4, -0.2) is 11.2 Å². The molecule has 3 aromatic rings. The largest absolute Gasteiger partial charge is 0.491 e. The maximum Gasteiger partial charge on any atom is 0.258 e. The van der Waals surface area contributed by atoms with Crippen LogP contribution < -0.4 is 16.0 Å². The van der Waals surface area contributed by atoms with Crippen LogP contribution in [0.3, 0.4) is 0 Å². The smallest absolute Gasteiger partial charge is 0.258 e. The molecule has 0 fully saturated rings. The zero-order valence-corrected chi connectivity index (χ0v) is 17.1. The highest BCUT2D eigenvalue weighted by atomic mass is 16.5. The molecule has 1 heterocycles. The summed E-state index contributed by atoms with van der Waals surface area (Å²) in [6, 6.07) is 16.2. The lowest BCUT2D eigenvalue weighted by Gasteiger charge is -2.21. The fourth-order valence-electron chi connectivity index (χ4n) is 3.52. The van der Waals surface area contributed by atoms with Crippen LogP contribution in [0.25, 0.3) is 21.9 Å². The molecule has 1 aromatic heterocycles. The van der Waals surface area contributed by atoms with Gasteiger partial charge in [-0.15, -0.1) is 0 Å². The summed E-state index contributed by atoms with van der Waals surface area (Å²) in [6.07, 6.45) is 2.02. The van der Waals surface area contributed by atoms with Gasteiger partial charge in [0, 0.05) is 18.5 Å². The average molecular weight is 379 g/mol. The summed E-state index contributed by atoms with van der Waals surface area (Å²) < 4.78 is 8.01. The van der Waals surface area contributed by atoms with Crippen molar-refractivity contribution in [2.75, 3.05) is 6.61 Å². The second kappa shape index (κ2) is 9.07. The van der Waals surface area contributed by atoms with E-state index < -0.39 is 0 Å². The lowest BCUT2D eigenvalue weighted by Crippen LogP contribution is -2.28. The molecule has 28 heavy (non-hydrogen) atoms. The fraction of sp³-hybridized carbons (Fsp3) is 0.375. The molecule has 0 aliphatic carbocycles. The van der Waals surface area contributed by atoms with Gasteiger partial charge in [-0.1, -0.05) is 63.6 Å². The number of hydrogen-bond donors (Lipinski definition) is 1. The summed E-state index contributed by atoms with van der Waals surface area (Å²) in [5.74, 6) is 1.09. The predicted molar refractivity (Wildman–Crippen MR) is 117 cm³/mol. The molecule has 0 radical (unpaired) electrons. The Morgan fingerprint density at radius 2 is 1.79 bits per heavy atom. The Balaban J connectivity index is 2.26. The van der Waals surface area contributed by atoms with Crippen LogP contribution in [0.1, 0.15) is 39.3 Å². The maximum absolute atomic E-state index is 13.2. The molecule has 0 unspecified atom stereocenters.